The Morgan fingerprint density at radius 1 is 1.30 bits per heavy atom. The van der Waals surface area contributed by atoms with Crippen molar-refractivity contribution < 1.29 is 0 Å². The molecule has 1 aromatic carbocycles. The van der Waals surface area contributed by atoms with Crippen LogP contribution in [0.15, 0.2) is 30.5 Å². The number of aromatic nitrogens is 2. The molecule has 0 radical (unpaired) electrons. The fraction of sp³-hybridized carbons (Fsp3) is 0.333. The Labute approximate surface area is 124 Å². The van der Waals surface area contributed by atoms with Crippen LogP contribution in [0.25, 0.3) is 11.4 Å². The number of halogens is 1. The van der Waals surface area contributed by atoms with Crippen molar-refractivity contribution >= 4 is 17.3 Å². The zero-order valence-corrected chi connectivity index (χ0v) is 12.5. The second-order valence-corrected chi connectivity index (χ2v) is 5.25. The number of nitrogens with two attached hydrogens (primary N) is 1. The minimum Gasteiger partial charge on any atom is -0.381 e. The second kappa shape index (κ2) is 6.68. The summed E-state index contributed by atoms with van der Waals surface area (Å²) < 4.78 is 0. The zero-order chi connectivity index (χ0) is 14.5. The largest absolute Gasteiger partial charge is 0.381 e. The Bertz CT molecular complexity index is 584. The van der Waals surface area contributed by atoms with Crippen molar-refractivity contribution in [3.05, 3.63) is 41.2 Å². The van der Waals surface area contributed by atoms with E-state index in [-0.39, 0.29) is 0 Å². The van der Waals surface area contributed by atoms with Gasteiger partial charge in [-0.15, -0.1) is 0 Å². The molecule has 2 rings (SSSR count). The number of nitrogens with one attached hydrogen (secondary N) is 1. The van der Waals surface area contributed by atoms with Gasteiger partial charge in [0.05, 0.1) is 22.6 Å². The summed E-state index contributed by atoms with van der Waals surface area (Å²) in [6, 6.07) is 7.59. The summed E-state index contributed by atoms with van der Waals surface area (Å²) >= 11 is 6.20. The highest BCUT2D eigenvalue weighted by Crippen LogP contribution is 2.28. The van der Waals surface area contributed by atoms with Crippen molar-refractivity contribution in [1.82, 2.24) is 9.97 Å². The predicted octanol–water partition coefficient (Wildman–Crippen LogP) is 3.29. The topological polar surface area (TPSA) is 63.8 Å². The normalized spacial score (nSPS) is 10.8. The third-order valence-electron chi connectivity index (χ3n) is 2.94. The standard InChI is InChI=1S/C15H19ClN4/c1-10(2)14-13(18-8-7-17)9-19-15(20-14)11-5-3-4-6-12(11)16/h3-6,9-10,18H,7-8,17H2,1-2H3. The lowest BCUT2D eigenvalue weighted by Crippen LogP contribution is -2.15. The molecule has 3 N–H and O–H groups in total. The maximum atomic E-state index is 6.20. The quantitative estimate of drug-likeness (QED) is 0.887. The molecule has 106 valence electrons. The first-order valence-electron chi connectivity index (χ1n) is 6.69. The van der Waals surface area contributed by atoms with Gasteiger partial charge in [0, 0.05) is 18.7 Å². The smallest absolute Gasteiger partial charge is 0.161 e. The van der Waals surface area contributed by atoms with Crippen molar-refractivity contribution in [2.75, 3.05) is 18.4 Å². The molecule has 1 aromatic heterocycles. The van der Waals surface area contributed by atoms with Gasteiger partial charge in [-0.1, -0.05) is 37.6 Å². The van der Waals surface area contributed by atoms with Crippen LogP contribution in [0.5, 0.6) is 0 Å². The molecule has 0 saturated heterocycles. The Morgan fingerprint density at radius 3 is 2.70 bits per heavy atom. The molecule has 0 fully saturated rings. The highest BCUT2D eigenvalue weighted by molar-refractivity contribution is 6.33. The van der Waals surface area contributed by atoms with Crippen molar-refractivity contribution in [2.24, 2.45) is 5.73 Å². The zero-order valence-electron chi connectivity index (χ0n) is 11.7. The molecular weight excluding hydrogens is 272 g/mol. The van der Waals surface area contributed by atoms with E-state index in [1.807, 2.05) is 24.3 Å². The first-order valence-corrected chi connectivity index (χ1v) is 7.07. The summed E-state index contributed by atoms with van der Waals surface area (Å²) in [5.74, 6) is 0.942. The second-order valence-electron chi connectivity index (χ2n) is 4.84. The monoisotopic (exact) mass is 290 g/mol. The van der Waals surface area contributed by atoms with Crippen LogP contribution in [0, 0.1) is 0 Å². The van der Waals surface area contributed by atoms with Gasteiger partial charge in [0.2, 0.25) is 0 Å². The fourth-order valence-electron chi connectivity index (χ4n) is 1.95. The molecule has 4 nitrogen and oxygen atoms in total. The van der Waals surface area contributed by atoms with E-state index < -0.39 is 0 Å². The number of benzene rings is 1. The van der Waals surface area contributed by atoms with Crippen molar-refractivity contribution in [2.45, 2.75) is 19.8 Å². The van der Waals surface area contributed by atoms with Gasteiger partial charge in [0.1, 0.15) is 0 Å². The Kier molecular flexibility index (Phi) is 4.93. The highest BCUT2D eigenvalue weighted by atomic mass is 35.5. The van der Waals surface area contributed by atoms with E-state index in [0.717, 1.165) is 16.9 Å². The molecule has 0 amide bonds. The maximum Gasteiger partial charge on any atom is 0.161 e. The van der Waals surface area contributed by atoms with Crippen LogP contribution >= 0.6 is 11.6 Å². The van der Waals surface area contributed by atoms with Gasteiger partial charge in [0.15, 0.2) is 5.82 Å². The first kappa shape index (κ1) is 14.8. The van der Waals surface area contributed by atoms with E-state index >= 15 is 0 Å². The number of hydrogen-bond acceptors (Lipinski definition) is 4. The van der Waals surface area contributed by atoms with Gasteiger partial charge in [-0.2, -0.15) is 0 Å². The molecule has 0 bridgehead atoms. The van der Waals surface area contributed by atoms with Crippen molar-refractivity contribution in [3.8, 4) is 11.4 Å². The van der Waals surface area contributed by atoms with Gasteiger partial charge < -0.3 is 11.1 Å². The van der Waals surface area contributed by atoms with Crippen LogP contribution in [-0.4, -0.2) is 23.1 Å². The third-order valence-corrected chi connectivity index (χ3v) is 3.27. The van der Waals surface area contributed by atoms with Gasteiger partial charge in [-0.05, 0) is 18.1 Å². The molecule has 0 aliphatic carbocycles. The molecule has 5 heteroatoms. The average Bonchev–Trinajstić information content (AvgIpc) is 2.45. The molecule has 0 unspecified atom stereocenters. The number of hydrogen-bond donors (Lipinski definition) is 2. The van der Waals surface area contributed by atoms with Gasteiger partial charge in [-0.25, -0.2) is 9.97 Å². The van der Waals surface area contributed by atoms with Gasteiger partial charge in [-0.3, -0.25) is 0 Å². The summed E-state index contributed by atoms with van der Waals surface area (Å²) in [4.78, 5) is 9.06. The fourth-order valence-corrected chi connectivity index (χ4v) is 2.17. The lowest BCUT2D eigenvalue weighted by atomic mass is 10.1. The van der Waals surface area contributed by atoms with E-state index in [4.69, 9.17) is 17.3 Å². The molecule has 0 atom stereocenters. The van der Waals surface area contributed by atoms with E-state index in [0.29, 0.717) is 29.9 Å². The molecule has 0 saturated carbocycles. The summed E-state index contributed by atoms with van der Waals surface area (Å²) in [7, 11) is 0. The lowest BCUT2D eigenvalue weighted by molar-refractivity contribution is 0.815. The van der Waals surface area contributed by atoms with Crippen molar-refractivity contribution in [1.29, 1.82) is 0 Å². The van der Waals surface area contributed by atoms with Gasteiger partial charge >= 0.3 is 0 Å². The third kappa shape index (κ3) is 3.26. The highest BCUT2D eigenvalue weighted by Gasteiger charge is 2.13. The van der Waals surface area contributed by atoms with E-state index in [1.54, 1.807) is 6.20 Å². The Morgan fingerprint density at radius 2 is 2.05 bits per heavy atom. The molecular formula is C15H19ClN4. The first-order chi connectivity index (χ1) is 9.63. The summed E-state index contributed by atoms with van der Waals surface area (Å²) in [5, 5.41) is 3.91. The Hall–Kier alpha value is -1.65. The van der Waals surface area contributed by atoms with Gasteiger partial charge in [0.25, 0.3) is 0 Å². The molecule has 0 aliphatic heterocycles. The van der Waals surface area contributed by atoms with E-state index in [1.165, 1.54) is 0 Å². The van der Waals surface area contributed by atoms with Crippen LogP contribution in [0.1, 0.15) is 25.5 Å². The average molecular weight is 291 g/mol. The summed E-state index contributed by atoms with van der Waals surface area (Å²) in [5.41, 5.74) is 8.28. The molecule has 20 heavy (non-hydrogen) atoms. The Balaban J connectivity index is 2.42. The van der Waals surface area contributed by atoms with Crippen LogP contribution in [0.4, 0.5) is 5.69 Å². The molecule has 2 aromatic rings. The van der Waals surface area contributed by atoms with Crippen LogP contribution in [-0.2, 0) is 0 Å². The molecule has 0 spiro atoms. The number of rotatable bonds is 5. The van der Waals surface area contributed by atoms with Crippen LogP contribution in [0.2, 0.25) is 5.02 Å². The molecule has 1 heterocycles. The minimum absolute atomic E-state index is 0.291. The van der Waals surface area contributed by atoms with Crippen LogP contribution < -0.4 is 11.1 Å². The van der Waals surface area contributed by atoms with Crippen LogP contribution in [0.3, 0.4) is 0 Å². The lowest BCUT2D eigenvalue weighted by Gasteiger charge is -2.14. The van der Waals surface area contributed by atoms with E-state index in [2.05, 4.69) is 29.1 Å². The number of nitrogens with zero attached hydrogens (tertiary/aromatic N) is 2. The number of anilines is 1. The summed E-state index contributed by atoms with van der Waals surface area (Å²) in [6.45, 7) is 5.48. The SMILES string of the molecule is CC(C)c1nc(-c2ccccc2Cl)ncc1NCCN. The van der Waals surface area contributed by atoms with Crippen molar-refractivity contribution in [3.63, 3.8) is 0 Å². The summed E-state index contributed by atoms with van der Waals surface area (Å²) in [6.07, 6.45) is 1.80. The van der Waals surface area contributed by atoms with E-state index in [9.17, 15) is 0 Å². The minimum atomic E-state index is 0.291. The molecule has 0 aliphatic rings. The predicted molar refractivity (Wildman–Crippen MR) is 84.1 cm³/mol. The maximum absolute atomic E-state index is 6.20.